The van der Waals surface area contributed by atoms with Crippen molar-refractivity contribution in [2.75, 3.05) is 6.54 Å². The molecule has 0 aliphatic rings. The van der Waals surface area contributed by atoms with Gasteiger partial charge in [-0.05, 0) is 30.7 Å². The maximum Gasteiger partial charge on any atom is -0.00721 e. The summed E-state index contributed by atoms with van der Waals surface area (Å²) in [5.74, 6) is 0.910. The van der Waals surface area contributed by atoms with Gasteiger partial charge >= 0.3 is 0 Å². The standard InChI is InChI=1S/C14H31N/c1-5-13(3)9-7-8-10-14(4,6-2)11-12-15/h13H,5-12,15H2,1-4H3. The summed E-state index contributed by atoms with van der Waals surface area (Å²) in [6, 6.07) is 0. The van der Waals surface area contributed by atoms with E-state index in [0.29, 0.717) is 5.41 Å². The van der Waals surface area contributed by atoms with Crippen LogP contribution >= 0.6 is 0 Å². The van der Waals surface area contributed by atoms with Gasteiger partial charge in [0, 0.05) is 0 Å². The predicted octanol–water partition coefficient (Wildman–Crippen LogP) is 4.36. The molecule has 15 heavy (non-hydrogen) atoms. The Hall–Kier alpha value is -0.0400. The zero-order valence-electron chi connectivity index (χ0n) is 11.3. The van der Waals surface area contributed by atoms with Crippen molar-refractivity contribution in [2.24, 2.45) is 17.1 Å². The first-order chi connectivity index (χ1) is 7.08. The highest BCUT2D eigenvalue weighted by Crippen LogP contribution is 2.32. The maximum atomic E-state index is 5.66. The van der Waals surface area contributed by atoms with Crippen LogP contribution in [0.25, 0.3) is 0 Å². The Labute approximate surface area is 96.8 Å². The lowest BCUT2D eigenvalue weighted by atomic mass is 9.79. The van der Waals surface area contributed by atoms with E-state index in [1.807, 2.05) is 0 Å². The van der Waals surface area contributed by atoms with E-state index < -0.39 is 0 Å². The normalized spacial score (nSPS) is 17.4. The minimum absolute atomic E-state index is 0.504. The monoisotopic (exact) mass is 213 g/mol. The van der Waals surface area contributed by atoms with Gasteiger partial charge in [0.15, 0.2) is 0 Å². The lowest BCUT2D eigenvalue weighted by Gasteiger charge is -2.27. The fourth-order valence-corrected chi connectivity index (χ4v) is 2.08. The average Bonchev–Trinajstić information content (AvgIpc) is 2.24. The van der Waals surface area contributed by atoms with Gasteiger partial charge in [-0.2, -0.15) is 0 Å². The molecular weight excluding hydrogens is 182 g/mol. The fraction of sp³-hybridized carbons (Fsp3) is 1.00. The van der Waals surface area contributed by atoms with Crippen LogP contribution < -0.4 is 5.73 Å². The largest absolute Gasteiger partial charge is 0.330 e. The molecule has 0 saturated heterocycles. The van der Waals surface area contributed by atoms with Gasteiger partial charge in [-0.3, -0.25) is 0 Å². The molecule has 2 N–H and O–H groups in total. The van der Waals surface area contributed by atoms with Gasteiger partial charge in [-0.1, -0.05) is 59.8 Å². The van der Waals surface area contributed by atoms with Gasteiger partial charge in [0.05, 0.1) is 0 Å². The smallest absolute Gasteiger partial charge is 0.00721 e. The molecule has 0 aliphatic carbocycles. The van der Waals surface area contributed by atoms with Gasteiger partial charge in [0.25, 0.3) is 0 Å². The van der Waals surface area contributed by atoms with Gasteiger partial charge < -0.3 is 5.73 Å². The third-order valence-electron chi connectivity index (χ3n) is 4.03. The molecule has 0 fully saturated rings. The molecule has 0 rings (SSSR count). The van der Waals surface area contributed by atoms with Crippen molar-refractivity contribution in [3.05, 3.63) is 0 Å². The second-order valence-electron chi connectivity index (χ2n) is 5.46. The molecule has 0 saturated carbocycles. The zero-order chi connectivity index (χ0) is 11.7. The lowest BCUT2D eigenvalue weighted by molar-refractivity contribution is 0.252. The molecule has 0 amide bonds. The number of rotatable bonds is 9. The van der Waals surface area contributed by atoms with E-state index in [0.717, 1.165) is 12.5 Å². The van der Waals surface area contributed by atoms with Crippen LogP contribution in [-0.4, -0.2) is 6.54 Å². The van der Waals surface area contributed by atoms with E-state index in [1.54, 1.807) is 0 Å². The van der Waals surface area contributed by atoms with Gasteiger partial charge in [-0.25, -0.2) is 0 Å². The molecule has 2 unspecified atom stereocenters. The molecular formula is C14H31N. The van der Waals surface area contributed by atoms with Crippen LogP contribution in [0.2, 0.25) is 0 Å². The molecule has 0 radical (unpaired) electrons. The molecule has 1 nitrogen and oxygen atoms in total. The lowest BCUT2D eigenvalue weighted by Crippen LogP contribution is -2.20. The molecule has 0 bridgehead atoms. The first-order valence-corrected chi connectivity index (χ1v) is 6.78. The quantitative estimate of drug-likeness (QED) is 0.566. The summed E-state index contributed by atoms with van der Waals surface area (Å²) >= 11 is 0. The van der Waals surface area contributed by atoms with Crippen molar-refractivity contribution in [3.63, 3.8) is 0 Å². The number of hydrogen-bond donors (Lipinski definition) is 1. The van der Waals surface area contributed by atoms with E-state index in [4.69, 9.17) is 5.73 Å². The Kier molecular flexibility index (Phi) is 8.13. The van der Waals surface area contributed by atoms with Gasteiger partial charge in [0.2, 0.25) is 0 Å². The van der Waals surface area contributed by atoms with Crippen LogP contribution in [0.5, 0.6) is 0 Å². The van der Waals surface area contributed by atoms with E-state index in [9.17, 15) is 0 Å². The third kappa shape index (κ3) is 6.94. The van der Waals surface area contributed by atoms with Gasteiger partial charge in [0.1, 0.15) is 0 Å². The Morgan fingerprint density at radius 2 is 1.80 bits per heavy atom. The summed E-state index contributed by atoms with van der Waals surface area (Å²) in [7, 11) is 0. The molecule has 1 heteroatoms. The Balaban J connectivity index is 3.63. The van der Waals surface area contributed by atoms with E-state index in [1.165, 1.54) is 44.9 Å². The Morgan fingerprint density at radius 3 is 2.27 bits per heavy atom. The van der Waals surface area contributed by atoms with Crippen molar-refractivity contribution in [3.8, 4) is 0 Å². The molecule has 0 spiro atoms. The second kappa shape index (κ2) is 8.15. The summed E-state index contributed by atoms with van der Waals surface area (Å²) in [5, 5.41) is 0. The van der Waals surface area contributed by atoms with Crippen LogP contribution in [0.1, 0.15) is 72.6 Å². The van der Waals surface area contributed by atoms with Crippen LogP contribution in [0, 0.1) is 11.3 Å². The van der Waals surface area contributed by atoms with Gasteiger partial charge in [-0.15, -0.1) is 0 Å². The summed E-state index contributed by atoms with van der Waals surface area (Å²) in [6.45, 7) is 10.2. The average molecular weight is 213 g/mol. The van der Waals surface area contributed by atoms with Crippen LogP contribution in [0.15, 0.2) is 0 Å². The van der Waals surface area contributed by atoms with Crippen LogP contribution in [0.3, 0.4) is 0 Å². The third-order valence-corrected chi connectivity index (χ3v) is 4.03. The second-order valence-corrected chi connectivity index (χ2v) is 5.46. The highest BCUT2D eigenvalue weighted by molar-refractivity contribution is 4.73. The SMILES string of the molecule is CCC(C)CCCCC(C)(CC)CCN. The number of hydrogen-bond acceptors (Lipinski definition) is 1. The topological polar surface area (TPSA) is 26.0 Å². The predicted molar refractivity (Wildman–Crippen MR) is 70.0 cm³/mol. The highest BCUT2D eigenvalue weighted by atomic mass is 14.5. The Bertz CT molecular complexity index is 144. The molecule has 0 aliphatic heterocycles. The van der Waals surface area contributed by atoms with E-state index in [2.05, 4.69) is 27.7 Å². The van der Waals surface area contributed by atoms with Crippen molar-refractivity contribution >= 4 is 0 Å². The van der Waals surface area contributed by atoms with E-state index >= 15 is 0 Å². The molecule has 0 heterocycles. The molecule has 0 aromatic rings. The molecule has 2 atom stereocenters. The van der Waals surface area contributed by atoms with Crippen molar-refractivity contribution in [1.82, 2.24) is 0 Å². The van der Waals surface area contributed by atoms with Crippen molar-refractivity contribution in [1.29, 1.82) is 0 Å². The zero-order valence-corrected chi connectivity index (χ0v) is 11.3. The molecule has 0 aromatic carbocycles. The number of unbranched alkanes of at least 4 members (excludes halogenated alkanes) is 1. The number of nitrogens with two attached hydrogens (primary N) is 1. The maximum absolute atomic E-state index is 5.66. The van der Waals surface area contributed by atoms with Crippen LogP contribution in [0.4, 0.5) is 0 Å². The van der Waals surface area contributed by atoms with E-state index in [-0.39, 0.29) is 0 Å². The first kappa shape index (κ1) is 15.0. The highest BCUT2D eigenvalue weighted by Gasteiger charge is 2.20. The fourth-order valence-electron chi connectivity index (χ4n) is 2.08. The Morgan fingerprint density at radius 1 is 1.13 bits per heavy atom. The summed E-state index contributed by atoms with van der Waals surface area (Å²) < 4.78 is 0. The van der Waals surface area contributed by atoms with Crippen molar-refractivity contribution < 1.29 is 0 Å². The minimum atomic E-state index is 0.504. The van der Waals surface area contributed by atoms with Crippen LogP contribution in [-0.2, 0) is 0 Å². The summed E-state index contributed by atoms with van der Waals surface area (Å²) in [4.78, 5) is 0. The summed E-state index contributed by atoms with van der Waals surface area (Å²) in [5.41, 5.74) is 6.17. The minimum Gasteiger partial charge on any atom is -0.330 e. The van der Waals surface area contributed by atoms with Crippen molar-refractivity contribution in [2.45, 2.75) is 72.6 Å². The summed E-state index contributed by atoms with van der Waals surface area (Å²) in [6.07, 6.45) is 9.33. The first-order valence-electron chi connectivity index (χ1n) is 6.78. The molecule has 0 aromatic heterocycles. The molecule has 92 valence electrons.